The smallest absolute Gasteiger partial charge is 0.226 e. The molecule has 0 bridgehead atoms. The first-order valence-electron chi connectivity index (χ1n) is 7.17. The average Bonchev–Trinajstić information content (AvgIpc) is 2.82. The van der Waals surface area contributed by atoms with Crippen molar-refractivity contribution in [3.05, 3.63) is 23.8 Å². The molecule has 1 aromatic carbocycles. The number of amides is 1. The van der Waals surface area contributed by atoms with E-state index in [1.54, 1.807) is 0 Å². The monoisotopic (exact) mass is 310 g/mol. The maximum atomic E-state index is 13.6. The lowest BCUT2D eigenvalue weighted by Gasteiger charge is -2.20. The van der Waals surface area contributed by atoms with Gasteiger partial charge >= 0.3 is 0 Å². The molecule has 1 aliphatic carbocycles. The lowest BCUT2D eigenvalue weighted by atomic mass is 9.87. The highest BCUT2D eigenvalue weighted by molar-refractivity contribution is 7.22. The van der Waals surface area contributed by atoms with E-state index in [2.05, 4.69) is 10.3 Å². The molecule has 1 aliphatic rings. The molecular formula is C15H16F2N2OS. The normalized spacial score (nSPS) is 16.3. The van der Waals surface area contributed by atoms with Crippen LogP contribution in [0.3, 0.4) is 0 Å². The zero-order valence-electron chi connectivity index (χ0n) is 11.5. The van der Waals surface area contributed by atoms with E-state index in [0.717, 1.165) is 30.2 Å². The van der Waals surface area contributed by atoms with E-state index >= 15 is 0 Å². The van der Waals surface area contributed by atoms with Crippen LogP contribution in [0.15, 0.2) is 12.1 Å². The van der Waals surface area contributed by atoms with Gasteiger partial charge in [-0.05, 0) is 24.8 Å². The Morgan fingerprint density at radius 2 is 2.05 bits per heavy atom. The highest BCUT2D eigenvalue weighted by Crippen LogP contribution is 2.30. The predicted octanol–water partition coefficient (Wildman–Crippen LogP) is 4.48. The minimum Gasteiger partial charge on any atom is -0.302 e. The van der Waals surface area contributed by atoms with Crippen molar-refractivity contribution in [2.75, 3.05) is 5.32 Å². The standard InChI is InChI=1S/C15H16F2N2OS/c16-10-7-11(17)14-12(8-10)21-15(19-14)18-13(20)6-9-4-2-1-3-5-9/h7-9H,1-6H2,(H,18,19,20). The molecule has 1 heterocycles. The molecule has 2 aromatic rings. The third-order valence-electron chi connectivity index (χ3n) is 3.86. The molecule has 1 aromatic heterocycles. The van der Waals surface area contributed by atoms with Gasteiger partial charge in [0.1, 0.15) is 11.3 Å². The summed E-state index contributed by atoms with van der Waals surface area (Å²) >= 11 is 1.09. The number of rotatable bonds is 3. The fourth-order valence-corrected chi connectivity index (χ4v) is 3.76. The highest BCUT2D eigenvalue weighted by Gasteiger charge is 2.18. The number of nitrogens with zero attached hydrogens (tertiary/aromatic N) is 1. The van der Waals surface area contributed by atoms with Gasteiger partial charge < -0.3 is 5.32 Å². The number of anilines is 1. The van der Waals surface area contributed by atoms with Crippen LogP contribution >= 0.6 is 11.3 Å². The summed E-state index contributed by atoms with van der Waals surface area (Å²) in [7, 11) is 0. The molecule has 1 fully saturated rings. The number of carbonyl (C=O) groups is 1. The molecule has 0 spiro atoms. The van der Waals surface area contributed by atoms with Gasteiger partial charge in [0.15, 0.2) is 10.9 Å². The molecule has 0 aliphatic heterocycles. The quantitative estimate of drug-likeness (QED) is 0.908. The summed E-state index contributed by atoms with van der Waals surface area (Å²) in [5, 5.41) is 3.03. The summed E-state index contributed by atoms with van der Waals surface area (Å²) < 4.78 is 27.1. The number of fused-ring (bicyclic) bond motifs is 1. The maximum absolute atomic E-state index is 13.6. The van der Waals surface area contributed by atoms with Gasteiger partial charge in [0.2, 0.25) is 5.91 Å². The molecule has 0 saturated heterocycles. The molecule has 6 heteroatoms. The fraction of sp³-hybridized carbons (Fsp3) is 0.467. The van der Waals surface area contributed by atoms with Gasteiger partial charge in [0.05, 0.1) is 4.70 Å². The molecule has 112 valence electrons. The van der Waals surface area contributed by atoms with Crippen LogP contribution in [0, 0.1) is 17.6 Å². The molecule has 3 rings (SSSR count). The first-order valence-corrected chi connectivity index (χ1v) is 7.99. The predicted molar refractivity (Wildman–Crippen MR) is 79.4 cm³/mol. The third-order valence-corrected chi connectivity index (χ3v) is 4.78. The molecule has 3 nitrogen and oxygen atoms in total. The van der Waals surface area contributed by atoms with Crippen LogP contribution in [0.4, 0.5) is 13.9 Å². The molecule has 21 heavy (non-hydrogen) atoms. The molecule has 0 radical (unpaired) electrons. The lowest BCUT2D eigenvalue weighted by Crippen LogP contribution is -2.18. The minimum atomic E-state index is -0.700. The zero-order chi connectivity index (χ0) is 14.8. The van der Waals surface area contributed by atoms with Crippen molar-refractivity contribution >= 4 is 32.6 Å². The van der Waals surface area contributed by atoms with Gasteiger partial charge in [-0.1, -0.05) is 30.6 Å². The van der Waals surface area contributed by atoms with Crippen molar-refractivity contribution in [3.63, 3.8) is 0 Å². The third kappa shape index (κ3) is 3.37. The van der Waals surface area contributed by atoms with Crippen molar-refractivity contribution in [3.8, 4) is 0 Å². The Hall–Kier alpha value is -1.56. The molecular weight excluding hydrogens is 294 g/mol. The summed E-state index contributed by atoms with van der Waals surface area (Å²) in [4.78, 5) is 16.0. The summed E-state index contributed by atoms with van der Waals surface area (Å²) in [5.74, 6) is -0.998. The van der Waals surface area contributed by atoms with Crippen molar-refractivity contribution in [1.29, 1.82) is 0 Å². The lowest BCUT2D eigenvalue weighted by molar-refractivity contribution is -0.117. The Morgan fingerprint density at radius 1 is 1.29 bits per heavy atom. The van der Waals surface area contributed by atoms with E-state index in [0.29, 0.717) is 22.2 Å². The Morgan fingerprint density at radius 3 is 2.81 bits per heavy atom. The van der Waals surface area contributed by atoms with Gasteiger partial charge in [-0.15, -0.1) is 0 Å². The number of halogens is 2. The van der Waals surface area contributed by atoms with Crippen LogP contribution in [0.1, 0.15) is 38.5 Å². The number of hydrogen-bond acceptors (Lipinski definition) is 3. The van der Waals surface area contributed by atoms with Gasteiger partial charge in [0.25, 0.3) is 0 Å². The zero-order valence-corrected chi connectivity index (χ0v) is 12.3. The molecule has 1 saturated carbocycles. The number of carbonyl (C=O) groups excluding carboxylic acids is 1. The van der Waals surface area contributed by atoms with Gasteiger partial charge in [-0.2, -0.15) is 0 Å². The second-order valence-electron chi connectivity index (χ2n) is 5.51. The largest absolute Gasteiger partial charge is 0.302 e. The van der Waals surface area contributed by atoms with Crippen LogP contribution in [-0.4, -0.2) is 10.9 Å². The van der Waals surface area contributed by atoms with Crippen LogP contribution in [0.5, 0.6) is 0 Å². The van der Waals surface area contributed by atoms with E-state index < -0.39 is 11.6 Å². The number of benzene rings is 1. The summed E-state index contributed by atoms with van der Waals surface area (Å²) in [6.07, 6.45) is 6.28. The molecule has 1 amide bonds. The Balaban J connectivity index is 1.69. The van der Waals surface area contributed by atoms with E-state index in [-0.39, 0.29) is 11.4 Å². The Bertz CT molecular complexity index is 665. The molecule has 1 N–H and O–H groups in total. The van der Waals surface area contributed by atoms with Crippen LogP contribution in [0.2, 0.25) is 0 Å². The molecule has 0 unspecified atom stereocenters. The average molecular weight is 310 g/mol. The van der Waals surface area contributed by atoms with E-state index in [1.807, 2.05) is 0 Å². The van der Waals surface area contributed by atoms with Crippen LogP contribution in [0.25, 0.3) is 10.2 Å². The number of thiazole rings is 1. The number of hydrogen-bond donors (Lipinski definition) is 1. The van der Waals surface area contributed by atoms with Crippen molar-refractivity contribution < 1.29 is 13.6 Å². The highest BCUT2D eigenvalue weighted by atomic mass is 32.1. The van der Waals surface area contributed by atoms with E-state index in [9.17, 15) is 13.6 Å². The van der Waals surface area contributed by atoms with Gasteiger partial charge in [0, 0.05) is 12.5 Å². The number of aromatic nitrogens is 1. The van der Waals surface area contributed by atoms with Crippen molar-refractivity contribution in [2.24, 2.45) is 5.92 Å². The summed E-state index contributed by atoms with van der Waals surface area (Å²) in [6, 6.07) is 2.03. The molecule has 0 atom stereocenters. The van der Waals surface area contributed by atoms with Crippen LogP contribution < -0.4 is 5.32 Å². The first kappa shape index (κ1) is 14.4. The van der Waals surface area contributed by atoms with Crippen molar-refractivity contribution in [1.82, 2.24) is 4.98 Å². The first-order chi connectivity index (χ1) is 10.1. The minimum absolute atomic E-state index is 0.0955. The second kappa shape index (κ2) is 6.05. The maximum Gasteiger partial charge on any atom is 0.226 e. The fourth-order valence-electron chi connectivity index (χ4n) is 2.83. The van der Waals surface area contributed by atoms with Crippen LogP contribution in [-0.2, 0) is 4.79 Å². The SMILES string of the molecule is O=C(CC1CCCCC1)Nc1nc2c(F)cc(F)cc2s1. The van der Waals surface area contributed by atoms with Gasteiger partial charge in [-0.25, -0.2) is 13.8 Å². The van der Waals surface area contributed by atoms with Crippen molar-refractivity contribution in [2.45, 2.75) is 38.5 Å². The van der Waals surface area contributed by atoms with E-state index in [4.69, 9.17) is 0 Å². The Kier molecular flexibility index (Phi) is 4.14. The summed E-state index contributed by atoms with van der Waals surface area (Å²) in [5.41, 5.74) is 0.106. The van der Waals surface area contributed by atoms with Gasteiger partial charge in [-0.3, -0.25) is 4.79 Å². The Labute approximate surface area is 125 Å². The number of nitrogens with one attached hydrogen (secondary N) is 1. The topological polar surface area (TPSA) is 42.0 Å². The van der Waals surface area contributed by atoms with E-state index in [1.165, 1.54) is 25.3 Å². The summed E-state index contributed by atoms with van der Waals surface area (Å²) in [6.45, 7) is 0. The second-order valence-corrected chi connectivity index (χ2v) is 6.54.